The second kappa shape index (κ2) is 12.7. The number of likely N-dealkylation sites (tertiary alicyclic amines) is 1. The number of carbonyl (C=O) groups excluding carboxylic acids is 4. The van der Waals surface area contributed by atoms with Crippen LogP contribution >= 0.6 is 0 Å². The molecule has 0 bridgehead atoms. The number of aromatic hydroxyl groups is 1. The van der Waals surface area contributed by atoms with Crippen LogP contribution in [-0.2, 0) is 30.3 Å². The number of rotatable bonds is 13. The summed E-state index contributed by atoms with van der Waals surface area (Å²) in [5.41, 5.74) is 6.20. The van der Waals surface area contributed by atoms with Gasteiger partial charge in [-0.2, -0.15) is 0 Å². The molecule has 0 radical (unpaired) electrons. The molecule has 11 heteroatoms. The van der Waals surface area contributed by atoms with Gasteiger partial charge in [0.15, 0.2) is 12.2 Å². The van der Waals surface area contributed by atoms with Gasteiger partial charge < -0.3 is 36.4 Å². The van der Waals surface area contributed by atoms with Crippen molar-refractivity contribution in [2.75, 3.05) is 26.2 Å². The molecule has 1 aromatic rings. The highest BCUT2D eigenvalue weighted by Gasteiger charge is 2.51. The third-order valence-electron chi connectivity index (χ3n) is 6.31. The van der Waals surface area contributed by atoms with E-state index in [1.165, 1.54) is 25.0 Å². The molecule has 0 saturated carbocycles. The first-order valence-corrected chi connectivity index (χ1v) is 12.5. The monoisotopic (exact) mass is 503 g/mol. The molecule has 1 unspecified atom stereocenters. The molecule has 0 aromatic heterocycles. The van der Waals surface area contributed by atoms with Gasteiger partial charge in [0.05, 0.1) is 0 Å². The van der Waals surface area contributed by atoms with Crippen LogP contribution in [0.15, 0.2) is 24.3 Å². The predicted octanol–water partition coefficient (Wildman–Crippen LogP) is -0.585. The predicted molar refractivity (Wildman–Crippen MR) is 132 cm³/mol. The average Bonchev–Trinajstić information content (AvgIpc) is 3.47. The van der Waals surface area contributed by atoms with E-state index < -0.39 is 42.0 Å². The zero-order valence-corrected chi connectivity index (χ0v) is 20.9. The van der Waals surface area contributed by atoms with Crippen LogP contribution in [0.1, 0.15) is 38.7 Å². The summed E-state index contributed by atoms with van der Waals surface area (Å²) in [6, 6.07) is 4.29. The Balaban J connectivity index is 1.51. The van der Waals surface area contributed by atoms with Crippen molar-refractivity contribution in [3.63, 3.8) is 0 Å². The molecule has 6 N–H and O–H groups in total. The van der Waals surface area contributed by atoms with E-state index in [0.717, 1.165) is 19.6 Å². The molecule has 198 valence electrons. The number of epoxide rings is 1. The summed E-state index contributed by atoms with van der Waals surface area (Å²) in [7, 11) is 0. The first-order valence-electron chi connectivity index (χ1n) is 12.5. The maximum Gasteiger partial charge on any atom is 0.253 e. The third-order valence-corrected chi connectivity index (χ3v) is 6.31. The van der Waals surface area contributed by atoms with Gasteiger partial charge in [0.1, 0.15) is 17.8 Å². The maximum atomic E-state index is 13.0. The zero-order valence-electron chi connectivity index (χ0n) is 20.9. The topological polar surface area (TPSA) is 166 Å². The van der Waals surface area contributed by atoms with Gasteiger partial charge in [-0.25, -0.2) is 0 Å². The number of phenols is 1. The Labute approximate surface area is 211 Å². The molecule has 3 rings (SSSR count). The molecule has 11 nitrogen and oxygen atoms in total. The van der Waals surface area contributed by atoms with Gasteiger partial charge in [0.25, 0.3) is 11.8 Å². The Bertz CT molecular complexity index is 931. The van der Waals surface area contributed by atoms with Crippen LogP contribution in [0.25, 0.3) is 0 Å². The van der Waals surface area contributed by atoms with E-state index in [0.29, 0.717) is 18.5 Å². The van der Waals surface area contributed by atoms with E-state index in [1.54, 1.807) is 12.1 Å². The van der Waals surface area contributed by atoms with Crippen molar-refractivity contribution < 1.29 is 29.0 Å². The standard InChI is InChI=1S/C25H37N5O6/c1-15(2)13-19(23(33)28-18(22(26)32)14-16-5-7-17(31)8-6-16)29-25(35)21-20(36-21)24(34)27-9-12-30-10-3-4-11-30/h5-8,15,18-21,31H,3-4,9-14H2,1-2H3,(H2,26,32)(H,27,34)(H,28,33)(H,29,35)/t18-,19-,20?,21-/m0/s1. The molecule has 4 atom stereocenters. The number of ether oxygens (including phenoxy) is 1. The number of carbonyl (C=O) groups is 4. The van der Waals surface area contributed by atoms with Gasteiger partial charge >= 0.3 is 0 Å². The molecular weight excluding hydrogens is 466 g/mol. The van der Waals surface area contributed by atoms with Crippen molar-refractivity contribution in [3.8, 4) is 5.75 Å². The van der Waals surface area contributed by atoms with E-state index in [-0.39, 0.29) is 24.0 Å². The summed E-state index contributed by atoms with van der Waals surface area (Å²) >= 11 is 0. The first kappa shape index (κ1) is 27.4. The number of phenolic OH excluding ortho intramolecular Hbond substituents is 1. The summed E-state index contributed by atoms with van der Waals surface area (Å²) < 4.78 is 5.29. The molecule has 36 heavy (non-hydrogen) atoms. The van der Waals surface area contributed by atoms with Crippen LogP contribution in [0.4, 0.5) is 0 Å². The molecule has 2 heterocycles. The SMILES string of the molecule is CC(C)C[C@H](NC(=O)[C@H]1OC1C(=O)NCCN1CCCC1)C(=O)N[C@@H](Cc1ccc(O)cc1)C(N)=O. The molecule has 2 fully saturated rings. The van der Waals surface area contributed by atoms with Crippen LogP contribution < -0.4 is 21.7 Å². The fourth-order valence-corrected chi connectivity index (χ4v) is 4.27. The van der Waals surface area contributed by atoms with E-state index in [1.807, 2.05) is 13.8 Å². The Morgan fingerprint density at radius 3 is 2.28 bits per heavy atom. The van der Waals surface area contributed by atoms with Gasteiger partial charge in [0.2, 0.25) is 11.8 Å². The van der Waals surface area contributed by atoms with Crippen molar-refractivity contribution in [1.82, 2.24) is 20.9 Å². The quantitative estimate of drug-likeness (QED) is 0.224. The number of amides is 4. The highest BCUT2D eigenvalue weighted by molar-refractivity contribution is 5.97. The van der Waals surface area contributed by atoms with Crippen LogP contribution in [0, 0.1) is 5.92 Å². The molecular formula is C25H37N5O6. The molecule has 2 aliphatic heterocycles. The molecule has 2 saturated heterocycles. The summed E-state index contributed by atoms with van der Waals surface area (Å²) in [6.45, 7) is 7.12. The number of primary amides is 1. The minimum Gasteiger partial charge on any atom is -0.508 e. The van der Waals surface area contributed by atoms with E-state index >= 15 is 0 Å². The lowest BCUT2D eigenvalue weighted by molar-refractivity contribution is -0.132. The van der Waals surface area contributed by atoms with Crippen molar-refractivity contribution in [2.45, 2.75) is 63.8 Å². The zero-order chi connectivity index (χ0) is 26.2. The van der Waals surface area contributed by atoms with Crippen LogP contribution in [0.5, 0.6) is 5.75 Å². The molecule has 0 spiro atoms. The van der Waals surface area contributed by atoms with E-state index in [4.69, 9.17) is 10.5 Å². The number of hydrogen-bond acceptors (Lipinski definition) is 7. The third kappa shape index (κ3) is 8.20. The van der Waals surface area contributed by atoms with E-state index in [9.17, 15) is 24.3 Å². The lowest BCUT2D eigenvalue weighted by Gasteiger charge is -2.23. The first-order chi connectivity index (χ1) is 17.1. The number of nitrogens with zero attached hydrogens (tertiary/aromatic N) is 1. The van der Waals surface area contributed by atoms with Crippen molar-refractivity contribution in [2.24, 2.45) is 11.7 Å². The minimum atomic E-state index is -1.00. The second-order valence-corrected chi connectivity index (χ2v) is 9.84. The van der Waals surface area contributed by atoms with Crippen LogP contribution in [0.3, 0.4) is 0 Å². The molecule has 1 aromatic carbocycles. The fraction of sp³-hybridized carbons (Fsp3) is 0.600. The maximum absolute atomic E-state index is 13.0. The lowest BCUT2D eigenvalue weighted by atomic mass is 10.0. The van der Waals surface area contributed by atoms with Gasteiger partial charge in [0, 0.05) is 19.5 Å². The average molecular weight is 504 g/mol. The van der Waals surface area contributed by atoms with E-state index in [2.05, 4.69) is 20.9 Å². The van der Waals surface area contributed by atoms with Gasteiger partial charge in [-0.1, -0.05) is 26.0 Å². The van der Waals surface area contributed by atoms with Crippen molar-refractivity contribution in [1.29, 1.82) is 0 Å². The number of benzene rings is 1. The second-order valence-electron chi connectivity index (χ2n) is 9.84. The molecule has 0 aliphatic carbocycles. The van der Waals surface area contributed by atoms with Gasteiger partial charge in [-0.3, -0.25) is 19.2 Å². The van der Waals surface area contributed by atoms with Gasteiger partial charge in [-0.15, -0.1) is 0 Å². The normalized spacial score (nSPS) is 21.0. The van der Waals surface area contributed by atoms with Crippen molar-refractivity contribution >= 4 is 23.6 Å². The Morgan fingerprint density at radius 1 is 1.03 bits per heavy atom. The minimum absolute atomic E-state index is 0.0648. The van der Waals surface area contributed by atoms with Gasteiger partial charge in [-0.05, 0) is 56.0 Å². The Morgan fingerprint density at radius 2 is 1.67 bits per heavy atom. The summed E-state index contributed by atoms with van der Waals surface area (Å²) in [5, 5.41) is 17.5. The van der Waals surface area contributed by atoms with Crippen molar-refractivity contribution in [3.05, 3.63) is 29.8 Å². The smallest absolute Gasteiger partial charge is 0.253 e. The summed E-state index contributed by atoms with van der Waals surface area (Å²) in [4.78, 5) is 52.3. The number of nitrogens with two attached hydrogens (primary N) is 1. The Hall–Kier alpha value is -3.18. The highest BCUT2D eigenvalue weighted by atomic mass is 16.6. The number of hydrogen-bond donors (Lipinski definition) is 5. The largest absolute Gasteiger partial charge is 0.508 e. The summed E-state index contributed by atoms with van der Waals surface area (Å²) in [6.07, 6.45) is 0.965. The molecule has 2 aliphatic rings. The highest BCUT2D eigenvalue weighted by Crippen LogP contribution is 2.23. The summed E-state index contributed by atoms with van der Waals surface area (Å²) in [5.74, 6) is -2.02. The van der Waals surface area contributed by atoms with Crippen LogP contribution in [-0.4, -0.2) is 84.1 Å². The number of nitrogens with one attached hydrogen (secondary N) is 3. The fourth-order valence-electron chi connectivity index (χ4n) is 4.27. The lowest BCUT2D eigenvalue weighted by Crippen LogP contribution is -2.54. The molecule has 4 amide bonds. The Kier molecular flexibility index (Phi) is 9.65. The van der Waals surface area contributed by atoms with Crippen LogP contribution in [0.2, 0.25) is 0 Å².